The number of nitrogens with zero attached hydrogens (tertiary/aromatic N) is 3. The Hall–Kier alpha value is -1.75. The second-order valence-electron chi connectivity index (χ2n) is 5.77. The smallest absolute Gasteiger partial charge is 0.255 e. The Morgan fingerprint density at radius 1 is 1.10 bits per heavy atom. The van der Waals surface area contributed by atoms with Gasteiger partial charge in [0.15, 0.2) is 0 Å². The molecule has 0 aliphatic rings. The molecule has 118 valence electrons. The van der Waals surface area contributed by atoms with Crippen LogP contribution in [0.4, 0.5) is 11.4 Å². The zero-order valence-corrected chi connectivity index (χ0v) is 13.9. The fourth-order valence-electron chi connectivity index (χ4n) is 2.18. The Labute approximate surface area is 128 Å². The number of likely N-dealkylation sites (N-methyl/N-ethyl adjacent to an activating group) is 1. The number of rotatable bonds is 7. The van der Waals surface area contributed by atoms with Crippen molar-refractivity contribution >= 4 is 17.3 Å². The molecule has 0 atom stereocenters. The van der Waals surface area contributed by atoms with E-state index < -0.39 is 0 Å². The van der Waals surface area contributed by atoms with Crippen molar-refractivity contribution in [3.05, 3.63) is 23.8 Å². The highest BCUT2D eigenvalue weighted by Gasteiger charge is 2.18. The third-order valence-corrected chi connectivity index (χ3v) is 3.31. The van der Waals surface area contributed by atoms with Gasteiger partial charge in [-0.3, -0.25) is 4.79 Å². The molecule has 1 aromatic carbocycles. The fraction of sp³-hybridized carbons (Fsp3) is 0.562. The summed E-state index contributed by atoms with van der Waals surface area (Å²) in [6.07, 6.45) is 1.03. The molecular formula is C16H28N4O. The molecule has 0 fully saturated rings. The van der Waals surface area contributed by atoms with E-state index in [-0.39, 0.29) is 5.91 Å². The van der Waals surface area contributed by atoms with Crippen LogP contribution in [0, 0.1) is 0 Å². The van der Waals surface area contributed by atoms with Gasteiger partial charge in [0, 0.05) is 39.4 Å². The molecule has 0 heterocycles. The summed E-state index contributed by atoms with van der Waals surface area (Å²) in [5.74, 6) is 0.0101. The molecule has 0 aromatic heterocycles. The van der Waals surface area contributed by atoms with Crippen LogP contribution in [0.25, 0.3) is 0 Å². The largest absolute Gasteiger partial charge is 0.399 e. The lowest BCUT2D eigenvalue weighted by molar-refractivity contribution is 0.0828. The molecule has 0 spiro atoms. The molecule has 5 nitrogen and oxygen atoms in total. The fourth-order valence-corrected chi connectivity index (χ4v) is 2.18. The van der Waals surface area contributed by atoms with Crippen molar-refractivity contribution in [1.82, 2.24) is 9.80 Å². The van der Waals surface area contributed by atoms with Gasteiger partial charge >= 0.3 is 0 Å². The van der Waals surface area contributed by atoms with Gasteiger partial charge < -0.3 is 20.4 Å². The van der Waals surface area contributed by atoms with Gasteiger partial charge in [-0.05, 0) is 38.7 Å². The van der Waals surface area contributed by atoms with Gasteiger partial charge in [0.1, 0.15) is 0 Å². The quantitative estimate of drug-likeness (QED) is 0.778. The van der Waals surface area contributed by atoms with Gasteiger partial charge in [-0.15, -0.1) is 0 Å². The predicted molar refractivity (Wildman–Crippen MR) is 89.9 cm³/mol. The first-order valence-electron chi connectivity index (χ1n) is 7.37. The number of carbonyl (C=O) groups excluding carboxylic acids is 1. The number of hydrogen-bond donors (Lipinski definition) is 1. The van der Waals surface area contributed by atoms with Crippen LogP contribution in [0.1, 0.15) is 23.7 Å². The molecule has 1 aromatic rings. The SMILES string of the molecule is CCCN(CCN(C)C)c1cc(N)ccc1C(=O)N(C)C. The Balaban J connectivity index is 3.15. The van der Waals surface area contributed by atoms with Crippen molar-refractivity contribution in [3.8, 4) is 0 Å². The van der Waals surface area contributed by atoms with E-state index >= 15 is 0 Å². The van der Waals surface area contributed by atoms with Gasteiger partial charge in [0.05, 0.1) is 11.3 Å². The highest BCUT2D eigenvalue weighted by molar-refractivity contribution is 6.00. The van der Waals surface area contributed by atoms with Gasteiger partial charge in [0.2, 0.25) is 0 Å². The normalized spacial score (nSPS) is 10.8. The Morgan fingerprint density at radius 2 is 1.76 bits per heavy atom. The molecule has 0 radical (unpaired) electrons. The summed E-state index contributed by atoms with van der Waals surface area (Å²) < 4.78 is 0. The van der Waals surface area contributed by atoms with Crippen LogP contribution in [-0.4, -0.2) is 63.5 Å². The summed E-state index contributed by atoms with van der Waals surface area (Å²) in [6, 6.07) is 5.52. The molecule has 2 N–H and O–H groups in total. The number of carbonyl (C=O) groups is 1. The molecule has 0 saturated heterocycles. The molecule has 0 aliphatic heterocycles. The first-order chi connectivity index (χ1) is 9.86. The van der Waals surface area contributed by atoms with Gasteiger partial charge in [-0.2, -0.15) is 0 Å². The van der Waals surface area contributed by atoms with Crippen LogP contribution >= 0.6 is 0 Å². The minimum absolute atomic E-state index is 0.0101. The van der Waals surface area contributed by atoms with Gasteiger partial charge in [-0.25, -0.2) is 0 Å². The zero-order chi connectivity index (χ0) is 16.0. The van der Waals surface area contributed by atoms with Crippen molar-refractivity contribution in [2.24, 2.45) is 0 Å². The maximum Gasteiger partial charge on any atom is 0.255 e. The summed E-state index contributed by atoms with van der Waals surface area (Å²) >= 11 is 0. The molecule has 0 unspecified atom stereocenters. The van der Waals surface area contributed by atoms with E-state index in [1.165, 1.54) is 0 Å². The number of hydrogen-bond acceptors (Lipinski definition) is 4. The van der Waals surface area contributed by atoms with Crippen LogP contribution in [-0.2, 0) is 0 Å². The summed E-state index contributed by atoms with van der Waals surface area (Å²) in [4.78, 5) is 18.4. The lowest BCUT2D eigenvalue weighted by Gasteiger charge is -2.28. The third-order valence-electron chi connectivity index (χ3n) is 3.31. The molecular weight excluding hydrogens is 264 g/mol. The van der Waals surface area contributed by atoms with E-state index in [0.29, 0.717) is 11.3 Å². The van der Waals surface area contributed by atoms with E-state index in [1.54, 1.807) is 25.1 Å². The van der Waals surface area contributed by atoms with Crippen LogP contribution in [0.5, 0.6) is 0 Å². The Bertz CT molecular complexity index is 471. The number of benzene rings is 1. The average Bonchev–Trinajstić information content (AvgIpc) is 2.42. The predicted octanol–water partition coefficient (Wildman–Crippen LogP) is 1.75. The molecule has 0 saturated carbocycles. The summed E-state index contributed by atoms with van der Waals surface area (Å²) in [5.41, 5.74) is 8.26. The molecule has 1 rings (SSSR count). The second-order valence-corrected chi connectivity index (χ2v) is 5.77. The molecule has 1 amide bonds. The van der Waals surface area contributed by atoms with Crippen LogP contribution in [0.15, 0.2) is 18.2 Å². The second kappa shape index (κ2) is 7.88. The van der Waals surface area contributed by atoms with E-state index in [0.717, 1.165) is 31.7 Å². The highest BCUT2D eigenvalue weighted by Crippen LogP contribution is 2.25. The van der Waals surface area contributed by atoms with Gasteiger partial charge in [-0.1, -0.05) is 6.92 Å². The van der Waals surface area contributed by atoms with Crippen molar-refractivity contribution in [1.29, 1.82) is 0 Å². The van der Waals surface area contributed by atoms with E-state index in [1.807, 2.05) is 12.1 Å². The standard InChI is InChI=1S/C16H28N4O/c1-6-9-20(11-10-18(2)3)15-12-13(17)7-8-14(15)16(21)19(4)5/h7-8,12H,6,9-11,17H2,1-5H3. The number of anilines is 2. The van der Waals surface area contributed by atoms with Crippen molar-refractivity contribution in [3.63, 3.8) is 0 Å². The molecule has 21 heavy (non-hydrogen) atoms. The minimum Gasteiger partial charge on any atom is -0.399 e. The summed E-state index contributed by atoms with van der Waals surface area (Å²) in [5, 5.41) is 0. The monoisotopic (exact) mass is 292 g/mol. The number of nitrogens with two attached hydrogens (primary N) is 1. The average molecular weight is 292 g/mol. The van der Waals surface area contributed by atoms with Gasteiger partial charge in [0.25, 0.3) is 5.91 Å². The summed E-state index contributed by atoms with van der Waals surface area (Å²) in [7, 11) is 7.64. The van der Waals surface area contributed by atoms with E-state index in [4.69, 9.17) is 5.73 Å². The Kier molecular flexibility index (Phi) is 6.49. The molecule has 5 heteroatoms. The molecule has 0 aliphatic carbocycles. The lowest BCUT2D eigenvalue weighted by Crippen LogP contribution is -2.34. The summed E-state index contributed by atoms with van der Waals surface area (Å²) in [6.45, 7) is 4.86. The topological polar surface area (TPSA) is 52.8 Å². The van der Waals surface area contributed by atoms with Crippen LogP contribution in [0.2, 0.25) is 0 Å². The highest BCUT2D eigenvalue weighted by atomic mass is 16.2. The van der Waals surface area contributed by atoms with Crippen molar-refractivity contribution < 1.29 is 4.79 Å². The van der Waals surface area contributed by atoms with Crippen molar-refractivity contribution in [2.75, 3.05) is 58.5 Å². The van der Waals surface area contributed by atoms with Crippen LogP contribution < -0.4 is 10.6 Å². The third kappa shape index (κ3) is 4.93. The maximum absolute atomic E-state index is 12.4. The first-order valence-corrected chi connectivity index (χ1v) is 7.37. The van der Waals surface area contributed by atoms with Crippen LogP contribution in [0.3, 0.4) is 0 Å². The molecule has 0 bridgehead atoms. The first kappa shape index (κ1) is 17.3. The van der Waals surface area contributed by atoms with E-state index in [2.05, 4.69) is 30.8 Å². The zero-order valence-electron chi connectivity index (χ0n) is 13.9. The lowest BCUT2D eigenvalue weighted by atomic mass is 10.1. The number of nitrogen functional groups attached to an aromatic ring is 1. The number of amides is 1. The minimum atomic E-state index is 0.0101. The Morgan fingerprint density at radius 3 is 2.29 bits per heavy atom. The van der Waals surface area contributed by atoms with E-state index in [9.17, 15) is 4.79 Å². The maximum atomic E-state index is 12.4. The van der Waals surface area contributed by atoms with Crippen molar-refractivity contribution in [2.45, 2.75) is 13.3 Å².